The first kappa shape index (κ1) is 22.6. The number of nitrogens with one attached hydrogen (secondary N) is 1. The van der Waals surface area contributed by atoms with Crippen molar-refractivity contribution in [3.63, 3.8) is 0 Å². The Morgan fingerprint density at radius 1 is 1.21 bits per heavy atom. The highest BCUT2D eigenvalue weighted by Crippen LogP contribution is 2.42. The molecule has 2 aliphatic heterocycles. The predicted molar refractivity (Wildman–Crippen MR) is 128 cm³/mol. The fourth-order valence-electron chi connectivity index (χ4n) is 4.79. The molecular formula is C23H28N6O4S. The molecule has 0 spiro atoms. The largest absolute Gasteiger partial charge is 0.465 e. The minimum absolute atomic E-state index is 0.00377. The van der Waals surface area contributed by atoms with Crippen LogP contribution < -0.4 is 10.2 Å². The molecule has 0 radical (unpaired) electrons. The molecule has 2 fully saturated rings. The molecule has 3 amide bonds. The van der Waals surface area contributed by atoms with Gasteiger partial charge in [-0.05, 0) is 44.2 Å². The molecule has 34 heavy (non-hydrogen) atoms. The molecule has 1 unspecified atom stereocenters. The topological polar surface area (TPSA) is 119 Å². The predicted octanol–water partition coefficient (Wildman–Crippen LogP) is 3.03. The maximum absolute atomic E-state index is 13.5. The minimum atomic E-state index is -0.933. The summed E-state index contributed by atoms with van der Waals surface area (Å²) in [5, 5.41) is 12.6. The van der Waals surface area contributed by atoms with Crippen molar-refractivity contribution in [2.45, 2.75) is 46.2 Å². The van der Waals surface area contributed by atoms with E-state index in [0.29, 0.717) is 55.2 Å². The van der Waals surface area contributed by atoms with Crippen LogP contribution in [0.25, 0.3) is 10.6 Å². The van der Waals surface area contributed by atoms with Crippen LogP contribution in [0, 0.1) is 12.8 Å². The molecule has 11 heteroatoms. The van der Waals surface area contributed by atoms with Crippen LogP contribution in [0.3, 0.4) is 0 Å². The van der Waals surface area contributed by atoms with Crippen molar-refractivity contribution in [1.82, 2.24) is 19.8 Å². The molecule has 1 saturated carbocycles. The summed E-state index contributed by atoms with van der Waals surface area (Å²) in [5.41, 5.74) is 3.04. The number of hydrogen-bond donors (Lipinski definition) is 2. The molecule has 2 aromatic heterocycles. The van der Waals surface area contributed by atoms with Crippen LogP contribution >= 0.6 is 11.3 Å². The third kappa shape index (κ3) is 4.08. The summed E-state index contributed by atoms with van der Waals surface area (Å²) in [7, 11) is 0. The van der Waals surface area contributed by atoms with Gasteiger partial charge in [0.2, 0.25) is 5.91 Å². The summed E-state index contributed by atoms with van der Waals surface area (Å²) >= 11 is 1.36. The van der Waals surface area contributed by atoms with E-state index in [0.717, 1.165) is 34.7 Å². The number of aromatic nitrogens is 2. The first-order valence-corrected chi connectivity index (χ1v) is 12.4. The van der Waals surface area contributed by atoms with E-state index in [2.05, 4.69) is 17.2 Å². The van der Waals surface area contributed by atoms with Crippen molar-refractivity contribution in [1.29, 1.82) is 0 Å². The number of hydrogen-bond acceptors (Lipinski definition) is 7. The van der Waals surface area contributed by atoms with Crippen LogP contribution in [-0.4, -0.2) is 75.0 Å². The first-order valence-electron chi connectivity index (χ1n) is 11.6. The van der Waals surface area contributed by atoms with Crippen LogP contribution in [0.5, 0.6) is 0 Å². The second-order valence-corrected chi connectivity index (χ2v) is 10.2. The SMILES string of the molecule is CC(=O)Nc1nc(C)c(-c2cc3c(c(N4CCN(C(=O)O)CC4)n2)C(=O)N(C(C)C2CC2)C3)s1. The lowest BCUT2D eigenvalue weighted by atomic mass is 10.1. The highest BCUT2D eigenvalue weighted by molar-refractivity contribution is 7.19. The van der Waals surface area contributed by atoms with Gasteiger partial charge in [-0.15, -0.1) is 0 Å². The molecule has 2 N–H and O–H groups in total. The number of aryl methyl sites for hydroxylation is 1. The van der Waals surface area contributed by atoms with E-state index in [9.17, 15) is 19.5 Å². The number of fused-ring (bicyclic) bond motifs is 1. The summed E-state index contributed by atoms with van der Waals surface area (Å²) in [4.78, 5) is 52.0. The molecule has 0 aromatic carbocycles. The van der Waals surface area contributed by atoms with Crippen LogP contribution in [0.1, 0.15) is 48.3 Å². The summed E-state index contributed by atoms with van der Waals surface area (Å²) < 4.78 is 0. The van der Waals surface area contributed by atoms with Gasteiger partial charge in [0.25, 0.3) is 5.91 Å². The Kier molecular flexibility index (Phi) is 5.67. The number of carboxylic acid groups (broad SMARTS) is 1. The lowest BCUT2D eigenvalue weighted by Gasteiger charge is -2.34. The zero-order chi connectivity index (χ0) is 24.1. The quantitative estimate of drug-likeness (QED) is 0.669. The molecule has 3 aliphatic rings. The average molecular weight is 485 g/mol. The van der Waals surface area contributed by atoms with Crippen molar-refractivity contribution in [2.24, 2.45) is 5.92 Å². The molecule has 1 aliphatic carbocycles. The zero-order valence-corrected chi connectivity index (χ0v) is 20.3. The van der Waals surface area contributed by atoms with E-state index in [1.54, 1.807) is 0 Å². The van der Waals surface area contributed by atoms with Crippen LogP contribution in [0.2, 0.25) is 0 Å². The number of thiazole rings is 1. The van der Waals surface area contributed by atoms with Crippen molar-refractivity contribution in [2.75, 3.05) is 36.4 Å². The number of nitrogens with zero attached hydrogens (tertiary/aromatic N) is 5. The van der Waals surface area contributed by atoms with E-state index in [4.69, 9.17) is 4.98 Å². The number of pyridine rings is 1. The molecule has 10 nitrogen and oxygen atoms in total. The van der Waals surface area contributed by atoms with E-state index >= 15 is 0 Å². The van der Waals surface area contributed by atoms with E-state index in [1.165, 1.54) is 23.2 Å². The number of piperazine rings is 1. The van der Waals surface area contributed by atoms with E-state index < -0.39 is 6.09 Å². The van der Waals surface area contributed by atoms with Gasteiger partial charge in [-0.25, -0.2) is 14.8 Å². The van der Waals surface area contributed by atoms with Crippen LogP contribution in [0.4, 0.5) is 15.7 Å². The van der Waals surface area contributed by atoms with Crippen LogP contribution in [0.15, 0.2) is 6.07 Å². The third-order valence-corrected chi connectivity index (χ3v) is 7.95. The monoisotopic (exact) mass is 484 g/mol. The lowest BCUT2D eigenvalue weighted by molar-refractivity contribution is -0.114. The van der Waals surface area contributed by atoms with Gasteiger partial charge in [-0.3, -0.25) is 9.59 Å². The zero-order valence-electron chi connectivity index (χ0n) is 19.5. The second kappa shape index (κ2) is 8.53. The fraction of sp³-hybridized carbons (Fsp3) is 0.522. The second-order valence-electron chi connectivity index (χ2n) is 9.25. The van der Waals surface area contributed by atoms with Crippen molar-refractivity contribution in [3.8, 4) is 10.6 Å². The fourth-order valence-corrected chi connectivity index (χ4v) is 5.77. The lowest BCUT2D eigenvalue weighted by Crippen LogP contribution is -2.49. The summed E-state index contributed by atoms with van der Waals surface area (Å²) in [6.45, 7) is 7.65. The van der Waals surface area contributed by atoms with Gasteiger partial charge in [-0.1, -0.05) is 11.3 Å². The maximum atomic E-state index is 13.5. The smallest absolute Gasteiger partial charge is 0.407 e. The molecule has 0 bridgehead atoms. The van der Waals surface area contributed by atoms with E-state index in [-0.39, 0.29) is 17.9 Å². The standard InChI is InChI=1S/C23H28N6O4S/c1-12-19(34-22(24-12)25-14(3)30)17-10-16-11-29(13(2)15-4-5-15)21(31)18(16)20(26-17)27-6-8-28(9-7-27)23(32)33/h10,13,15H,4-9,11H2,1-3H3,(H,32,33)(H,24,25,30). The molecule has 5 rings (SSSR count). The Morgan fingerprint density at radius 3 is 2.53 bits per heavy atom. The number of carbonyl (C=O) groups is 3. The molecule has 180 valence electrons. The highest BCUT2D eigenvalue weighted by Gasteiger charge is 2.41. The summed E-state index contributed by atoms with van der Waals surface area (Å²) in [6.07, 6.45) is 1.37. The van der Waals surface area contributed by atoms with E-state index in [1.807, 2.05) is 22.8 Å². The van der Waals surface area contributed by atoms with Gasteiger partial charge < -0.3 is 25.1 Å². The van der Waals surface area contributed by atoms with Gasteiger partial charge in [0, 0.05) is 45.7 Å². The van der Waals surface area contributed by atoms with Gasteiger partial charge in [0.1, 0.15) is 5.82 Å². The number of carbonyl (C=O) groups excluding carboxylic acids is 2. The average Bonchev–Trinajstić information content (AvgIpc) is 3.51. The summed E-state index contributed by atoms with van der Waals surface area (Å²) in [6, 6.07) is 2.15. The normalized spacial score (nSPS) is 18.8. The number of rotatable bonds is 5. The van der Waals surface area contributed by atoms with Gasteiger partial charge in [-0.2, -0.15) is 0 Å². The Morgan fingerprint density at radius 2 is 1.91 bits per heavy atom. The maximum Gasteiger partial charge on any atom is 0.407 e. The van der Waals surface area contributed by atoms with Gasteiger partial charge in [0.05, 0.1) is 21.8 Å². The van der Waals surface area contributed by atoms with Gasteiger partial charge in [0.15, 0.2) is 5.13 Å². The first-order chi connectivity index (χ1) is 16.2. The van der Waals surface area contributed by atoms with Crippen molar-refractivity contribution in [3.05, 3.63) is 22.9 Å². The molecule has 1 atom stereocenters. The molecule has 2 aromatic rings. The Balaban J connectivity index is 1.54. The highest BCUT2D eigenvalue weighted by atomic mass is 32.1. The van der Waals surface area contributed by atoms with Crippen LogP contribution in [-0.2, 0) is 11.3 Å². The molecule has 1 saturated heterocycles. The summed E-state index contributed by atoms with van der Waals surface area (Å²) in [5.74, 6) is 0.984. The number of amides is 3. The number of anilines is 2. The Labute approximate surface area is 201 Å². The Hall–Kier alpha value is -3.21. The Bertz CT molecular complexity index is 1170. The van der Waals surface area contributed by atoms with Crippen molar-refractivity contribution >= 4 is 40.2 Å². The molecule has 4 heterocycles. The van der Waals surface area contributed by atoms with Gasteiger partial charge >= 0.3 is 6.09 Å². The third-order valence-electron chi connectivity index (χ3n) is 6.86. The van der Waals surface area contributed by atoms with Crippen molar-refractivity contribution < 1.29 is 19.5 Å². The minimum Gasteiger partial charge on any atom is -0.465 e. The molecular weight excluding hydrogens is 456 g/mol.